The molecule has 4 heteroatoms. The Morgan fingerprint density at radius 3 is 2.29 bits per heavy atom. The zero-order chi connectivity index (χ0) is 11.2. The van der Waals surface area contributed by atoms with Crippen LogP contribution in [0.3, 0.4) is 0 Å². The van der Waals surface area contributed by atoms with Gasteiger partial charge in [0.25, 0.3) is 0 Å². The van der Waals surface area contributed by atoms with Crippen LogP contribution in [0.2, 0.25) is 0 Å². The Labute approximate surface area is 86.6 Å². The number of rotatable bonds is 7. The van der Waals surface area contributed by atoms with E-state index in [2.05, 4.69) is 25.7 Å². The zero-order valence-corrected chi connectivity index (χ0v) is 9.55. The quantitative estimate of drug-likeness (QED) is 0.622. The van der Waals surface area contributed by atoms with Gasteiger partial charge in [0, 0.05) is 25.0 Å². The standard InChI is InChI=1S/C10H23N3O/c1-4-6-13(7-5-9(12)14)10(2,3)8-11/h4-8,11H2,1-3H3,(H2,12,14). The summed E-state index contributed by atoms with van der Waals surface area (Å²) in [5.74, 6) is -0.251. The molecule has 4 N–H and O–H groups in total. The molecule has 0 saturated carbocycles. The van der Waals surface area contributed by atoms with E-state index in [9.17, 15) is 4.79 Å². The molecule has 0 fully saturated rings. The highest BCUT2D eigenvalue weighted by atomic mass is 16.1. The molecule has 0 aromatic carbocycles. The summed E-state index contributed by atoms with van der Waals surface area (Å²) in [6.45, 7) is 8.54. The summed E-state index contributed by atoms with van der Waals surface area (Å²) in [6, 6.07) is 0. The number of carbonyl (C=O) groups is 1. The fourth-order valence-electron chi connectivity index (χ4n) is 1.36. The average molecular weight is 201 g/mol. The molecule has 0 bridgehead atoms. The highest BCUT2D eigenvalue weighted by molar-refractivity contribution is 5.73. The number of hydrogen-bond donors (Lipinski definition) is 2. The van der Waals surface area contributed by atoms with Crippen molar-refractivity contribution >= 4 is 5.91 Å². The van der Waals surface area contributed by atoms with Crippen molar-refractivity contribution in [3.63, 3.8) is 0 Å². The third-order valence-electron chi connectivity index (χ3n) is 2.48. The van der Waals surface area contributed by atoms with Crippen LogP contribution in [-0.4, -0.2) is 36.0 Å². The molecule has 0 aromatic heterocycles. The van der Waals surface area contributed by atoms with Crippen molar-refractivity contribution in [3.8, 4) is 0 Å². The van der Waals surface area contributed by atoms with Crippen molar-refractivity contribution in [1.29, 1.82) is 0 Å². The van der Waals surface area contributed by atoms with Crippen LogP contribution in [0.25, 0.3) is 0 Å². The van der Waals surface area contributed by atoms with Gasteiger partial charge in [-0.1, -0.05) is 6.92 Å². The molecule has 0 unspecified atom stereocenters. The number of carbonyl (C=O) groups excluding carboxylic acids is 1. The summed E-state index contributed by atoms with van der Waals surface area (Å²) in [5.41, 5.74) is 10.8. The van der Waals surface area contributed by atoms with Crippen molar-refractivity contribution in [2.45, 2.75) is 39.2 Å². The first kappa shape index (κ1) is 13.4. The largest absolute Gasteiger partial charge is 0.370 e. The number of hydrogen-bond acceptors (Lipinski definition) is 3. The van der Waals surface area contributed by atoms with Gasteiger partial charge in [-0.15, -0.1) is 0 Å². The molecular formula is C10H23N3O. The minimum absolute atomic E-state index is 0.0501. The van der Waals surface area contributed by atoms with Crippen LogP contribution in [0.15, 0.2) is 0 Å². The van der Waals surface area contributed by atoms with Gasteiger partial charge in [-0.2, -0.15) is 0 Å². The van der Waals surface area contributed by atoms with Crippen LogP contribution in [-0.2, 0) is 4.79 Å². The van der Waals surface area contributed by atoms with Gasteiger partial charge in [0.2, 0.25) is 5.91 Å². The maximum Gasteiger partial charge on any atom is 0.218 e. The Kier molecular flexibility index (Phi) is 5.72. The maximum absolute atomic E-state index is 10.7. The molecule has 0 saturated heterocycles. The van der Waals surface area contributed by atoms with E-state index >= 15 is 0 Å². The Hall–Kier alpha value is -0.610. The maximum atomic E-state index is 10.7. The van der Waals surface area contributed by atoms with Crippen LogP contribution in [0.5, 0.6) is 0 Å². The predicted octanol–water partition coefficient (Wildman–Crippen LogP) is 0.311. The minimum Gasteiger partial charge on any atom is -0.370 e. The highest BCUT2D eigenvalue weighted by Gasteiger charge is 2.24. The monoisotopic (exact) mass is 201 g/mol. The Bertz CT molecular complexity index is 180. The van der Waals surface area contributed by atoms with Crippen molar-refractivity contribution in [2.24, 2.45) is 11.5 Å². The zero-order valence-electron chi connectivity index (χ0n) is 9.55. The number of nitrogens with zero attached hydrogens (tertiary/aromatic N) is 1. The Balaban J connectivity index is 4.20. The lowest BCUT2D eigenvalue weighted by Crippen LogP contribution is -2.50. The lowest BCUT2D eigenvalue weighted by Gasteiger charge is -2.37. The number of amides is 1. The van der Waals surface area contributed by atoms with Crippen LogP contribution in [0, 0.1) is 0 Å². The average Bonchev–Trinajstić information content (AvgIpc) is 2.11. The highest BCUT2D eigenvalue weighted by Crippen LogP contribution is 2.13. The molecule has 84 valence electrons. The van der Waals surface area contributed by atoms with Crippen LogP contribution in [0.1, 0.15) is 33.6 Å². The summed E-state index contributed by atoms with van der Waals surface area (Å²) in [5, 5.41) is 0. The lowest BCUT2D eigenvalue weighted by atomic mass is 10.0. The van der Waals surface area contributed by atoms with E-state index in [-0.39, 0.29) is 11.4 Å². The SMILES string of the molecule is CCCN(CCC(N)=O)C(C)(C)CN. The molecule has 4 nitrogen and oxygen atoms in total. The van der Waals surface area contributed by atoms with E-state index in [0.29, 0.717) is 19.5 Å². The van der Waals surface area contributed by atoms with Crippen LogP contribution >= 0.6 is 0 Å². The van der Waals surface area contributed by atoms with Crippen LogP contribution < -0.4 is 11.5 Å². The second kappa shape index (κ2) is 5.98. The van der Waals surface area contributed by atoms with Crippen molar-refractivity contribution in [3.05, 3.63) is 0 Å². The molecule has 0 rings (SSSR count). The Morgan fingerprint density at radius 1 is 1.36 bits per heavy atom. The molecule has 0 aliphatic heterocycles. The second-order valence-corrected chi connectivity index (χ2v) is 4.22. The summed E-state index contributed by atoms with van der Waals surface area (Å²) < 4.78 is 0. The molecule has 0 radical (unpaired) electrons. The molecule has 0 heterocycles. The third kappa shape index (κ3) is 4.58. The van der Waals surface area contributed by atoms with E-state index in [1.807, 2.05) is 0 Å². The second-order valence-electron chi connectivity index (χ2n) is 4.22. The van der Waals surface area contributed by atoms with E-state index in [1.54, 1.807) is 0 Å². The number of nitrogens with two attached hydrogens (primary N) is 2. The normalized spacial score (nSPS) is 12.1. The van der Waals surface area contributed by atoms with Gasteiger partial charge in [0.15, 0.2) is 0 Å². The minimum atomic E-state index is -0.251. The third-order valence-corrected chi connectivity index (χ3v) is 2.48. The van der Waals surface area contributed by atoms with Gasteiger partial charge in [0.05, 0.1) is 0 Å². The topological polar surface area (TPSA) is 72.3 Å². The molecular weight excluding hydrogens is 178 g/mol. The van der Waals surface area contributed by atoms with E-state index in [1.165, 1.54) is 0 Å². The van der Waals surface area contributed by atoms with Gasteiger partial charge >= 0.3 is 0 Å². The van der Waals surface area contributed by atoms with Crippen molar-refractivity contribution < 1.29 is 4.79 Å². The summed E-state index contributed by atoms with van der Waals surface area (Å²) in [7, 11) is 0. The lowest BCUT2D eigenvalue weighted by molar-refractivity contribution is -0.118. The van der Waals surface area contributed by atoms with E-state index in [4.69, 9.17) is 11.5 Å². The summed E-state index contributed by atoms with van der Waals surface area (Å²) >= 11 is 0. The van der Waals surface area contributed by atoms with Gasteiger partial charge in [-0.25, -0.2) is 0 Å². The first-order valence-electron chi connectivity index (χ1n) is 5.17. The van der Waals surface area contributed by atoms with E-state index < -0.39 is 0 Å². The first-order chi connectivity index (χ1) is 6.44. The van der Waals surface area contributed by atoms with Gasteiger partial charge in [-0.05, 0) is 26.8 Å². The molecule has 0 atom stereocenters. The Morgan fingerprint density at radius 2 is 1.93 bits per heavy atom. The van der Waals surface area contributed by atoms with Crippen LogP contribution in [0.4, 0.5) is 0 Å². The number of primary amides is 1. The van der Waals surface area contributed by atoms with Gasteiger partial charge < -0.3 is 11.5 Å². The van der Waals surface area contributed by atoms with Gasteiger partial charge in [0.1, 0.15) is 0 Å². The fraction of sp³-hybridized carbons (Fsp3) is 0.900. The predicted molar refractivity (Wildman–Crippen MR) is 58.8 cm³/mol. The smallest absolute Gasteiger partial charge is 0.218 e. The van der Waals surface area contributed by atoms with Crippen molar-refractivity contribution in [2.75, 3.05) is 19.6 Å². The van der Waals surface area contributed by atoms with Gasteiger partial charge in [-0.3, -0.25) is 9.69 Å². The summed E-state index contributed by atoms with van der Waals surface area (Å²) in [6.07, 6.45) is 1.46. The summed E-state index contributed by atoms with van der Waals surface area (Å²) in [4.78, 5) is 12.9. The first-order valence-corrected chi connectivity index (χ1v) is 5.17. The molecule has 0 aromatic rings. The molecule has 14 heavy (non-hydrogen) atoms. The molecule has 0 aliphatic rings. The van der Waals surface area contributed by atoms with Crippen molar-refractivity contribution in [1.82, 2.24) is 4.90 Å². The fourth-order valence-corrected chi connectivity index (χ4v) is 1.36. The molecule has 0 spiro atoms. The van der Waals surface area contributed by atoms with E-state index in [0.717, 1.165) is 13.0 Å². The molecule has 0 aliphatic carbocycles. The molecule has 1 amide bonds.